The number of rotatable bonds is 3. The first kappa shape index (κ1) is 12.7. The minimum atomic E-state index is -1.18. The molecule has 3 rings (SSSR count). The van der Waals surface area contributed by atoms with Crippen molar-refractivity contribution in [3.63, 3.8) is 0 Å². The van der Waals surface area contributed by atoms with Crippen molar-refractivity contribution in [2.24, 2.45) is 23.7 Å². The molecule has 20 heavy (non-hydrogen) atoms. The first-order valence-corrected chi connectivity index (χ1v) is 6.56. The number of allylic oxidation sites excluding steroid dienone is 2. The second-order valence-corrected chi connectivity index (χ2v) is 5.33. The van der Waals surface area contributed by atoms with E-state index in [1.807, 2.05) is 12.2 Å². The van der Waals surface area contributed by atoms with E-state index in [2.05, 4.69) is 5.32 Å². The number of anilines is 1. The molecule has 4 unspecified atom stereocenters. The van der Waals surface area contributed by atoms with Crippen molar-refractivity contribution in [1.82, 2.24) is 0 Å². The lowest BCUT2D eigenvalue weighted by atomic mass is 9.82. The molecule has 104 valence electrons. The first-order valence-electron chi connectivity index (χ1n) is 6.56. The van der Waals surface area contributed by atoms with Gasteiger partial charge in [-0.1, -0.05) is 24.3 Å². The molecule has 1 aromatic carbocycles. The second kappa shape index (κ2) is 4.67. The molecule has 0 radical (unpaired) electrons. The van der Waals surface area contributed by atoms with Crippen molar-refractivity contribution in [3.8, 4) is 5.75 Å². The third-order valence-corrected chi connectivity index (χ3v) is 4.20. The van der Waals surface area contributed by atoms with Crippen LogP contribution in [0.4, 0.5) is 5.69 Å². The molecule has 1 saturated carbocycles. The predicted molar refractivity (Wildman–Crippen MR) is 69.5 cm³/mol. The van der Waals surface area contributed by atoms with Crippen LogP contribution < -0.4 is 10.4 Å². The molecule has 0 saturated heterocycles. The van der Waals surface area contributed by atoms with Gasteiger partial charge < -0.3 is 20.3 Å². The van der Waals surface area contributed by atoms with Crippen LogP contribution in [0.25, 0.3) is 0 Å². The summed E-state index contributed by atoms with van der Waals surface area (Å²) in [6, 6.07) is 6.37. The minimum absolute atomic E-state index is 0.0375. The lowest BCUT2D eigenvalue weighted by Gasteiger charge is -2.27. The third-order valence-electron chi connectivity index (χ3n) is 4.20. The lowest BCUT2D eigenvalue weighted by Crippen LogP contribution is -2.42. The van der Waals surface area contributed by atoms with E-state index >= 15 is 0 Å². The van der Waals surface area contributed by atoms with E-state index < -0.39 is 17.8 Å². The van der Waals surface area contributed by atoms with Gasteiger partial charge in [0.05, 0.1) is 11.6 Å². The molecular weight excluding hydrogens is 258 g/mol. The van der Waals surface area contributed by atoms with Crippen LogP contribution >= 0.6 is 0 Å². The number of phenols is 1. The molecule has 2 N–H and O–H groups in total. The van der Waals surface area contributed by atoms with Gasteiger partial charge in [-0.15, -0.1) is 0 Å². The van der Waals surface area contributed by atoms with Crippen molar-refractivity contribution >= 4 is 17.6 Å². The Kier molecular flexibility index (Phi) is 2.97. The normalized spacial score (nSPS) is 30.4. The van der Waals surface area contributed by atoms with Crippen LogP contribution in [-0.4, -0.2) is 17.0 Å². The van der Waals surface area contributed by atoms with Crippen molar-refractivity contribution in [2.75, 3.05) is 5.32 Å². The van der Waals surface area contributed by atoms with Crippen molar-refractivity contribution in [2.45, 2.75) is 6.42 Å². The van der Waals surface area contributed by atoms with Crippen LogP contribution in [0, 0.1) is 23.7 Å². The number of carbonyl (C=O) groups excluding carboxylic acids is 2. The van der Waals surface area contributed by atoms with Crippen molar-refractivity contribution in [1.29, 1.82) is 0 Å². The molecule has 1 amide bonds. The Morgan fingerprint density at radius 3 is 2.45 bits per heavy atom. The van der Waals surface area contributed by atoms with Gasteiger partial charge in [0.15, 0.2) is 0 Å². The quantitative estimate of drug-likeness (QED) is 0.620. The van der Waals surface area contributed by atoms with Crippen LogP contribution in [0.2, 0.25) is 0 Å². The van der Waals surface area contributed by atoms with E-state index in [-0.39, 0.29) is 23.5 Å². The van der Waals surface area contributed by atoms with Crippen LogP contribution in [0.1, 0.15) is 6.42 Å². The summed E-state index contributed by atoms with van der Waals surface area (Å²) in [6.45, 7) is 0. The van der Waals surface area contributed by atoms with E-state index in [0.717, 1.165) is 0 Å². The molecular formula is C15H14NO4-. The summed E-state index contributed by atoms with van der Waals surface area (Å²) in [6.07, 6.45) is 4.44. The molecule has 1 fully saturated rings. The SMILES string of the molecule is O=C([O-])C1C2C=CC(C2)C1C(=O)Nc1ccccc1O. The van der Waals surface area contributed by atoms with Crippen LogP contribution in [0.5, 0.6) is 5.75 Å². The van der Waals surface area contributed by atoms with E-state index in [0.29, 0.717) is 12.1 Å². The van der Waals surface area contributed by atoms with E-state index in [4.69, 9.17) is 0 Å². The van der Waals surface area contributed by atoms with Crippen LogP contribution in [0.15, 0.2) is 36.4 Å². The van der Waals surface area contributed by atoms with Gasteiger partial charge in [0.1, 0.15) is 5.75 Å². The first-order chi connectivity index (χ1) is 9.58. The number of hydrogen-bond donors (Lipinski definition) is 2. The Balaban J connectivity index is 1.82. The molecule has 0 aromatic heterocycles. The highest BCUT2D eigenvalue weighted by atomic mass is 16.4. The zero-order chi connectivity index (χ0) is 14.3. The maximum Gasteiger partial charge on any atom is 0.228 e. The van der Waals surface area contributed by atoms with Gasteiger partial charge in [-0.3, -0.25) is 4.79 Å². The fraction of sp³-hybridized carbons (Fsp3) is 0.333. The maximum absolute atomic E-state index is 12.3. The monoisotopic (exact) mass is 272 g/mol. The van der Waals surface area contributed by atoms with Gasteiger partial charge in [-0.05, 0) is 30.4 Å². The fourth-order valence-electron chi connectivity index (χ4n) is 3.30. The van der Waals surface area contributed by atoms with Crippen LogP contribution in [0.3, 0.4) is 0 Å². The number of fused-ring (bicyclic) bond motifs is 2. The van der Waals surface area contributed by atoms with Crippen LogP contribution in [-0.2, 0) is 9.59 Å². The van der Waals surface area contributed by atoms with Gasteiger partial charge in [0.25, 0.3) is 0 Å². The summed E-state index contributed by atoms with van der Waals surface area (Å²) in [4.78, 5) is 23.6. The number of aliphatic carboxylic acids is 1. The Bertz CT molecular complexity index is 595. The number of para-hydroxylation sites is 2. The van der Waals surface area contributed by atoms with Gasteiger partial charge in [0.2, 0.25) is 5.91 Å². The van der Waals surface area contributed by atoms with Crippen molar-refractivity contribution in [3.05, 3.63) is 36.4 Å². The molecule has 4 atom stereocenters. The zero-order valence-electron chi connectivity index (χ0n) is 10.7. The molecule has 0 spiro atoms. The van der Waals surface area contributed by atoms with E-state index in [1.54, 1.807) is 18.2 Å². The molecule has 5 heteroatoms. The molecule has 2 bridgehead atoms. The Hall–Kier alpha value is -2.30. The highest BCUT2D eigenvalue weighted by Crippen LogP contribution is 2.48. The summed E-state index contributed by atoms with van der Waals surface area (Å²) in [5.41, 5.74) is 0.293. The predicted octanol–water partition coefficient (Wildman–Crippen LogP) is 0.519. The number of hydrogen-bond acceptors (Lipinski definition) is 4. The average molecular weight is 272 g/mol. The van der Waals surface area contributed by atoms with E-state index in [9.17, 15) is 19.8 Å². The van der Waals surface area contributed by atoms with Gasteiger partial charge >= 0.3 is 0 Å². The fourth-order valence-corrected chi connectivity index (χ4v) is 3.30. The van der Waals surface area contributed by atoms with Gasteiger partial charge in [-0.25, -0.2) is 0 Å². The smallest absolute Gasteiger partial charge is 0.228 e. The molecule has 0 heterocycles. The second-order valence-electron chi connectivity index (χ2n) is 5.33. The largest absolute Gasteiger partial charge is 0.550 e. The average Bonchev–Trinajstić information content (AvgIpc) is 3.01. The summed E-state index contributed by atoms with van der Waals surface area (Å²) in [5, 5.41) is 23.5. The van der Waals surface area contributed by atoms with Gasteiger partial charge in [0, 0.05) is 11.9 Å². The number of nitrogens with one attached hydrogen (secondary N) is 1. The highest BCUT2D eigenvalue weighted by Gasteiger charge is 2.48. The molecule has 2 aliphatic carbocycles. The molecule has 0 aliphatic heterocycles. The lowest BCUT2D eigenvalue weighted by molar-refractivity contribution is -0.313. The Labute approximate surface area is 115 Å². The molecule has 1 aromatic rings. The number of carboxylic acid groups (broad SMARTS) is 1. The standard InChI is InChI=1S/C15H15NO4/c17-11-4-2-1-3-10(11)16-14(18)12-8-5-6-9(7-8)13(12)15(19)20/h1-6,8-9,12-13,17H,7H2,(H,16,18)(H,19,20)/p-1. The number of phenolic OH excluding ortho intramolecular Hbond substituents is 1. The summed E-state index contributed by atoms with van der Waals surface area (Å²) >= 11 is 0. The number of carbonyl (C=O) groups is 2. The number of amides is 1. The Morgan fingerprint density at radius 2 is 1.80 bits per heavy atom. The number of benzene rings is 1. The summed E-state index contributed by atoms with van der Waals surface area (Å²) in [5.74, 6) is -3.19. The highest BCUT2D eigenvalue weighted by molar-refractivity contribution is 5.97. The number of carboxylic acids is 1. The zero-order valence-corrected chi connectivity index (χ0v) is 10.7. The third kappa shape index (κ3) is 1.95. The Morgan fingerprint density at radius 1 is 1.15 bits per heavy atom. The minimum Gasteiger partial charge on any atom is -0.550 e. The molecule has 2 aliphatic rings. The van der Waals surface area contributed by atoms with E-state index in [1.165, 1.54) is 6.07 Å². The maximum atomic E-state index is 12.3. The topological polar surface area (TPSA) is 89.5 Å². The molecule has 5 nitrogen and oxygen atoms in total. The number of aromatic hydroxyl groups is 1. The summed E-state index contributed by atoms with van der Waals surface area (Å²) < 4.78 is 0. The summed E-state index contributed by atoms with van der Waals surface area (Å²) in [7, 11) is 0. The van der Waals surface area contributed by atoms with Crippen molar-refractivity contribution < 1.29 is 19.8 Å². The van der Waals surface area contributed by atoms with Gasteiger partial charge in [-0.2, -0.15) is 0 Å².